The predicted octanol–water partition coefficient (Wildman–Crippen LogP) is 3.30. The largest absolute Gasteiger partial charge is 0.469 e. The van der Waals surface area contributed by atoms with Crippen molar-refractivity contribution in [3.05, 3.63) is 83.4 Å². The van der Waals surface area contributed by atoms with Crippen LogP contribution in [0.15, 0.2) is 60.9 Å². The molecular formula is C53H82N12O7. The summed E-state index contributed by atoms with van der Waals surface area (Å²) in [5.41, 5.74) is 2.69. The van der Waals surface area contributed by atoms with Crippen LogP contribution in [0.2, 0.25) is 0 Å². The van der Waals surface area contributed by atoms with E-state index in [4.69, 9.17) is 4.74 Å². The van der Waals surface area contributed by atoms with Crippen molar-refractivity contribution in [2.24, 2.45) is 0 Å². The number of aromatic amines is 1. The van der Waals surface area contributed by atoms with Crippen molar-refractivity contribution in [2.45, 2.75) is 111 Å². The van der Waals surface area contributed by atoms with Crippen LogP contribution in [0.1, 0.15) is 100 Å². The van der Waals surface area contributed by atoms with Gasteiger partial charge in [-0.15, -0.1) is 0 Å². The number of H-pyrrole nitrogens is 1. The van der Waals surface area contributed by atoms with Gasteiger partial charge in [0, 0.05) is 102 Å². The quantitative estimate of drug-likeness (QED) is 0.0646. The minimum Gasteiger partial charge on any atom is -0.469 e. The second-order valence-electron chi connectivity index (χ2n) is 18.8. The van der Waals surface area contributed by atoms with Crippen LogP contribution < -0.4 is 21.3 Å². The third-order valence-electron chi connectivity index (χ3n) is 13.6. The molecule has 3 heterocycles. The highest BCUT2D eigenvalue weighted by Gasteiger charge is 2.33. The molecule has 5 rings (SSSR count). The summed E-state index contributed by atoms with van der Waals surface area (Å²) in [6.45, 7) is 21.8. The summed E-state index contributed by atoms with van der Waals surface area (Å²) in [6.07, 6.45) is 5.62. The lowest BCUT2D eigenvalue weighted by Crippen LogP contribution is -2.55. The van der Waals surface area contributed by atoms with Crippen molar-refractivity contribution in [1.82, 2.24) is 55.3 Å². The lowest BCUT2D eigenvalue weighted by molar-refractivity contribution is -0.144. The number of carbonyl (C=O) groups excluding carboxylic acids is 6. The maximum absolute atomic E-state index is 14.2. The van der Waals surface area contributed by atoms with E-state index in [1.54, 1.807) is 40.4 Å². The van der Waals surface area contributed by atoms with E-state index >= 15 is 0 Å². The second kappa shape index (κ2) is 30.2. The fraction of sp³-hybridized carbons (Fsp3) is 0.604. The summed E-state index contributed by atoms with van der Waals surface area (Å²) in [4.78, 5) is 102. The number of aromatic nitrogens is 2. The van der Waals surface area contributed by atoms with Crippen LogP contribution in [0.3, 0.4) is 0 Å². The number of hydrogen-bond acceptors (Lipinski definition) is 13. The molecule has 2 aliphatic heterocycles. The van der Waals surface area contributed by atoms with Gasteiger partial charge in [0.15, 0.2) is 0 Å². The zero-order valence-corrected chi connectivity index (χ0v) is 43.8. The standard InChI is InChI=1S/C53H82N12O7/c1-7-16-44(59-51(69)45(17-8-2)58-48(66)39-63-32-30-61(10-4)28-26-60(9-3)27-29-62(11-5)31-33-63)50(68)56-22-15-25-64-37-42-34-41(20-21-43(42)57-46(53(64)71)35-49(67)72-6)52(70)65(38-47-54-23-24-55-47)36-40-18-13-12-14-19-40/h12-14,18-21,23-24,34,44-46,57H,7-11,15-17,22,25-33,35-39H2,1-6H3,(H,54,55)(H,56,68)(H,58,66)(H,59,69)/t44-,45-,46-/m0/s1. The zero-order chi connectivity index (χ0) is 51.8. The van der Waals surface area contributed by atoms with Crippen LogP contribution in [0, 0.1) is 0 Å². The molecule has 0 aliphatic carbocycles. The third-order valence-corrected chi connectivity index (χ3v) is 13.6. The second-order valence-corrected chi connectivity index (χ2v) is 18.8. The Morgan fingerprint density at radius 2 is 1.39 bits per heavy atom. The van der Waals surface area contributed by atoms with Crippen LogP contribution in [-0.4, -0.2) is 192 Å². The highest BCUT2D eigenvalue weighted by molar-refractivity contribution is 5.96. The average molecular weight is 999 g/mol. The summed E-state index contributed by atoms with van der Waals surface area (Å²) in [7, 11) is 1.27. The maximum atomic E-state index is 14.2. The van der Waals surface area contributed by atoms with Crippen molar-refractivity contribution in [1.29, 1.82) is 0 Å². The van der Waals surface area contributed by atoms with Gasteiger partial charge in [0.2, 0.25) is 23.6 Å². The lowest BCUT2D eigenvalue weighted by atomic mass is 10.1. The number of benzene rings is 2. The van der Waals surface area contributed by atoms with Crippen molar-refractivity contribution in [3.8, 4) is 0 Å². The topological polar surface area (TPSA) is 208 Å². The van der Waals surface area contributed by atoms with Crippen LogP contribution in [0.4, 0.5) is 5.69 Å². The van der Waals surface area contributed by atoms with Crippen molar-refractivity contribution in [2.75, 3.05) is 104 Å². The van der Waals surface area contributed by atoms with Gasteiger partial charge in [-0.1, -0.05) is 77.8 Å². The first kappa shape index (κ1) is 57.0. The molecule has 0 spiro atoms. The molecule has 3 atom stereocenters. The molecule has 72 heavy (non-hydrogen) atoms. The Labute approximate surface area is 427 Å². The van der Waals surface area contributed by atoms with E-state index in [9.17, 15) is 28.8 Å². The Balaban J connectivity index is 1.20. The maximum Gasteiger partial charge on any atom is 0.308 e. The molecule has 2 aliphatic rings. The van der Waals surface area contributed by atoms with Crippen LogP contribution >= 0.6 is 0 Å². The van der Waals surface area contributed by atoms with E-state index < -0.39 is 30.0 Å². The number of rotatable bonds is 24. The molecule has 3 aromatic rings. The molecule has 5 amide bonds. The van der Waals surface area contributed by atoms with Gasteiger partial charge in [0.1, 0.15) is 23.9 Å². The number of methoxy groups -OCH3 is 1. The van der Waals surface area contributed by atoms with Gasteiger partial charge in [-0.2, -0.15) is 0 Å². The van der Waals surface area contributed by atoms with Crippen molar-refractivity contribution >= 4 is 41.2 Å². The molecule has 1 aromatic heterocycles. The van der Waals surface area contributed by atoms with Crippen molar-refractivity contribution < 1.29 is 33.5 Å². The summed E-state index contributed by atoms with van der Waals surface area (Å²) in [5.74, 6) is -1.43. The summed E-state index contributed by atoms with van der Waals surface area (Å²) < 4.78 is 4.94. The number of hydrogen-bond donors (Lipinski definition) is 5. The van der Waals surface area contributed by atoms with Gasteiger partial charge in [-0.3, -0.25) is 33.7 Å². The Bertz CT molecular complexity index is 2140. The third kappa shape index (κ3) is 18.0. The molecule has 0 saturated carbocycles. The number of nitrogens with zero attached hydrogens (tertiary/aromatic N) is 7. The van der Waals surface area contributed by atoms with E-state index in [1.165, 1.54) is 7.11 Å². The smallest absolute Gasteiger partial charge is 0.308 e. The predicted molar refractivity (Wildman–Crippen MR) is 279 cm³/mol. The minimum absolute atomic E-state index is 0.147. The molecule has 396 valence electrons. The molecule has 19 heteroatoms. The summed E-state index contributed by atoms with van der Waals surface area (Å²) in [5, 5.41) is 12.1. The Morgan fingerprint density at radius 3 is 1.96 bits per heavy atom. The number of ether oxygens (including phenoxy) is 1. The van der Waals surface area contributed by atoms with Gasteiger partial charge in [-0.05, 0) is 68.2 Å². The fourth-order valence-electron chi connectivity index (χ4n) is 9.20. The normalized spacial score (nSPS) is 17.5. The van der Waals surface area contributed by atoms with E-state index in [-0.39, 0.29) is 62.8 Å². The van der Waals surface area contributed by atoms with E-state index in [0.717, 1.165) is 77.6 Å². The zero-order valence-electron chi connectivity index (χ0n) is 43.8. The fourth-order valence-corrected chi connectivity index (χ4v) is 9.20. The van der Waals surface area contributed by atoms with Crippen LogP contribution in [-0.2, 0) is 48.3 Å². The molecule has 0 unspecified atom stereocenters. The monoisotopic (exact) mass is 999 g/mol. The Kier molecular flexibility index (Phi) is 23.9. The average Bonchev–Trinajstić information content (AvgIpc) is 3.86. The SMILES string of the molecule is CCC[C@H](NC(=O)CN1CCN(CC)CCN(CC)CCN(CC)CC1)C(=O)N[C@@H](CCC)C(=O)NCCCN1Cc2cc(C(=O)N(Cc3ccccc3)Cc3ncc[nH]3)ccc2N[C@@H](CC(=O)OC)C1=O. The van der Waals surface area contributed by atoms with Crippen molar-refractivity contribution in [3.63, 3.8) is 0 Å². The number of imidazole rings is 1. The minimum atomic E-state index is -0.925. The highest BCUT2D eigenvalue weighted by atomic mass is 16.5. The van der Waals surface area contributed by atoms with Gasteiger partial charge in [0.25, 0.3) is 5.91 Å². The van der Waals surface area contributed by atoms with Gasteiger partial charge in [-0.25, -0.2) is 4.98 Å². The van der Waals surface area contributed by atoms with E-state index in [2.05, 4.69) is 71.6 Å². The number of fused-ring (bicyclic) bond motifs is 1. The van der Waals surface area contributed by atoms with E-state index in [1.807, 2.05) is 44.2 Å². The highest BCUT2D eigenvalue weighted by Crippen LogP contribution is 2.27. The molecule has 19 nitrogen and oxygen atoms in total. The van der Waals surface area contributed by atoms with Crippen LogP contribution in [0.25, 0.3) is 0 Å². The molecule has 0 radical (unpaired) electrons. The van der Waals surface area contributed by atoms with Gasteiger partial charge < -0.3 is 55.5 Å². The molecule has 2 aromatic carbocycles. The molecule has 5 N–H and O–H groups in total. The lowest BCUT2D eigenvalue weighted by Gasteiger charge is -2.33. The van der Waals surface area contributed by atoms with Crippen LogP contribution in [0.5, 0.6) is 0 Å². The summed E-state index contributed by atoms with van der Waals surface area (Å²) >= 11 is 0. The van der Waals surface area contributed by atoms with Gasteiger partial charge >= 0.3 is 5.97 Å². The number of anilines is 1. The Morgan fingerprint density at radius 1 is 0.778 bits per heavy atom. The van der Waals surface area contributed by atoms with E-state index in [0.29, 0.717) is 61.3 Å². The molecule has 0 bridgehead atoms. The number of carbonyl (C=O) groups is 6. The summed E-state index contributed by atoms with van der Waals surface area (Å²) in [6, 6.07) is 12.4. The number of amides is 5. The Hall–Kier alpha value is -5.89. The number of esters is 1. The molecule has 1 saturated heterocycles. The molecule has 1 fully saturated rings. The first-order chi connectivity index (χ1) is 34.9. The number of nitrogens with one attached hydrogen (secondary N) is 5. The number of likely N-dealkylation sites (N-methyl/N-ethyl adjacent to an activating group) is 3. The van der Waals surface area contributed by atoms with Gasteiger partial charge in [0.05, 0.1) is 26.6 Å². The molecular weight excluding hydrogens is 917 g/mol. The first-order valence-electron chi connectivity index (χ1n) is 26.2. The first-order valence-corrected chi connectivity index (χ1v) is 26.2.